The topological polar surface area (TPSA) is 112 Å². The van der Waals surface area contributed by atoms with Gasteiger partial charge in [-0.05, 0) is 22.6 Å². The van der Waals surface area contributed by atoms with Gasteiger partial charge in [-0.1, -0.05) is 24.3 Å². The van der Waals surface area contributed by atoms with Crippen molar-refractivity contribution >= 4 is 26.3 Å². The van der Waals surface area contributed by atoms with Gasteiger partial charge < -0.3 is 5.73 Å². The van der Waals surface area contributed by atoms with Crippen LogP contribution in [0.15, 0.2) is 52.5 Å². The molecule has 0 unspecified atom stereocenters. The van der Waals surface area contributed by atoms with Crippen LogP contribution in [0.3, 0.4) is 0 Å². The molecule has 0 aliphatic heterocycles. The predicted molar refractivity (Wildman–Crippen MR) is 71.4 cm³/mol. The second-order valence-corrected chi connectivity index (χ2v) is 5.93. The van der Waals surface area contributed by atoms with E-state index in [1.54, 1.807) is 30.3 Å². The molecule has 0 aliphatic rings. The summed E-state index contributed by atoms with van der Waals surface area (Å²) < 4.78 is 25.1. The normalized spacial score (nSPS) is 11.6. The van der Waals surface area contributed by atoms with E-state index in [0.29, 0.717) is 16.5 Å². The maximum absolute atomic E-state index is 12.5. The molecule has 0 fully saturated rings. The molecule has 0 saturated heterocycles. The fourth-order valence-corrected chi connectivity index (χ4v) is 3.22. The van der Waals surface area contributed by atoms with Crippen molar-refractivity contribution in [1.29, 1.82) is 0 Å². The number of nitrogens with two attached hydrogens (primary N) is 1. The van der Waals surface area contributed by atoms with Gasteiger partial charge >= 0.3 is 0 Å². The first-order chi connectivity index (χ1) is 9.60. The average Bonchev–Trinajstić information content (AvgIpc) is 2.48. The van der Waals surface area contributed by atoms with Crippen molar-refractivity contribution < 1.29 is 8.42 Å². The Labute approximate surface area is 114 Å². The summed E-state index contributed by atoms with van der Waals surface area (Å²) in [6.45, 7) is 0. The van der Waals surface area contributed by atoms with Gasteiger partial charge in [-0.2, -0.15) is 0 Å². The van der Waals surface area contributed by atoms with Gasteiger partial charge in [0, 0.05) is 16.5 Å². The van der Waals surface area contributed by atoms with Gasteiger partial charge in [0.15, 0.2) is 0 Å². The number of anilines is 1. The molecule has 0 radical (unpaired) electrons. The van der Waals surface area contributed by atoms with Crippen LogP contribution in [-0.4, -0.2) is 29.0 Å². The zero-order valence-electron chi connectivity index (χ0n) is 10.1. The number of nitrogen functional groups attached to an aromatic ring is 1. The van der Waals surface area contributed by atoms with Crippen LogP contribution >= 0.6 is 0 Å². The predicted octanol–water partition coefficient (Wildman–Crippen LogP) is 0.835. The van der Waals surface area contributed by atoms with Crippen LogP contribution in [0.4, 0.5) is 5.69 Å². The minimum atomic E-state index is -3.81. The fraction of sp³-hybridized carbons (Fsp3) is 0. The van der Waals surface area contributed by atoms with Gasteiger partial charge in [-0.25, -0.2) is 8.42 Å². The van der Waals surface area contributed by atoms with E-state index in [1.807, 2.05) is 0 Å². The Kier molecular flexibility index (Phi) is 2.79. The van der Waals surface area contributed by atoms with Crippen molar-refractivity contribution in [3.05, 3.63) is 42.6 Å². The highest BCUT2D eigenvalue weighted by atomic mass is 32.2. The maximum Gasteiger partial charge on any atom is 0.228 e. The number of hydrogen-bond acceptors (Lipinski definition) is 7. The zero-order chi connectivity index (χ0) is 14.2. The van der Waals surface area contributed by atoms with Crippen molar-refractivity contribution in [2.75, 3.05) is 5.73 Å². The van der Waals surface area contributed by atoms with Gasteiger partial charge in [0.05, 0.1) is 11.1 Å². The summed E-state index contributed by atoms with van der Waals surface area (Å²) in [6.07, 6.45) is 1.06. The summed E-state index contributed by atoms with van der Waals surface area (Å²) >= 11 is 0. The van der Waals surface area contributed by atoms with Crippen LogP contribution in [0.2, 0.25) is 0 Å². The molecule has 2 aromatic carbocycles. The van der Waals surface area contributed by atoms with Gasteiger partial charge in [-0.15, -0.1) is 10.2 Å². The second-order valence-electron chi connectivity index (χ2n) is 4.06. The molecule has 0 aliphatic carbocycles. The third kappa shape index (κ3) is 1.86. The molecule has 20 heavy (non-hydrogen) atoms. The molecule has 0 atom stereocenters. The molecule has 1 aromatic heterocycles. The molecule has 1 heterocycles. The quantitative estimate of drug-likeness (QED) is 0.695. The molecular formula is C12H9N5O2S. The first-order valence-electron chi connectivity index (χ1n) is 5.64. The first-order valence-corrected chi connectivity index (χ1v) is 7.12. The Morgan fingerprint density at radius 3 is 2.40 bits per heavy atom. The van der Waals surface area contributed by atoms with Crippen LogP contribution in [0.5, 0.6) is 0 Å². The summed E-state index contributed by atoms with van der Waals surface area (Å²) in [7, 11) is -3.81. The van der Waals surface area contributed by atoms with Gasteiger partial charge in [0.25, 0.3) is 0 Å². The fourth-order valence-electron chi connectivity index (χ4n) is 1.95. The maximum atomic E-state index is 12.5. The highest BCUT2D eigenvalue weighted by Crippen LogP contribution is 2.30. The Morgan fingerprint density at radius 1 is 0.950 bits per heavy atom. The lowest BCUT2D eigenvalue weighted by molar-refractivity contribution is 0.583. The van der Waals surface area contributed by atoms with Crippen LogP contribution in [0.25, 0.3) is 10.8 Å². The summed E-state index contributed by atoms with van der Waals surface area (Å²) in [5, 5.41) is 14.4. The summed E-state index contributed by atoms with van der Waals surface area (Å²) in [4.78, 5) is 0.115. The summed E-state index contributed by atoms with van der Waals surface area (Å²) in [5.41, 5.74) is 6.37. The standard InChI is InChI=1S/C12H9N5O2S/c13-10-5-6-11(9-4-2-1-3-8(9)10)20(18,19)12-7-14-16-17-15-12/h1-7H,13H2. The lowest BCUT2D eigenvalue weighted by Gasteiger charge is -2.08. The minimum Gasteiger partial charge on any atom is -0.398 e. The van der Waals surface area contributed by atoms with Crippen molar-refractivity contribution in [1.82, 2.24) is 20.6 Å². The highest BCUT2D eigenvalue weighted by Gasteiger charge is 2.23. The Balaban J connectivity index is 2.34. The third-order valence-electron chi connectivity index (χ3n) is 2.89. The minimum absolute atomic E-state index is 0.115. The number of nitrogens with zero attached hydrogens (tertiary/aromatic N) is 4. The van der Waals surface area contributed by atoms with Crippen LogP contribution in [0.1, 0.15) is 0 Å². The van der Waals surface area contributed by atoms with Crippen molar-refractivity contribution in [3.63, 3.8) is 0 Å². The van der Waals surface area contributed by atoms with Crippen LogP contribution in [-0.2, 0) is 9.84 Å². The lowest BCUT2D eigenvalue weighted by Crippen LogP contribution is -2.08. The van der Waals surface area contributed by atoms with Crippen LogP contribution < -0.4 is 5.73 Å². The Morgan fingerprint density at radius 2 is 1.70 bits per heavy atom. The number of hydrogen-bond donors (Lipinski definition) is 1. The van der Waals surface area contributed by atoms with E-state index in [-0.39, 0.29) is 9.92 Å². The number of benzene rings is 2. The van der Waals surface area contributed by atoms with Crippen LogP contribution in [0, 0.1) is 0 Å². The third-order valence-corrected chi connectivity index (χ3v) is 4.56. The van der Waals surface area contributed by atoms with Gasteiger partial charge in [-0.3, -0.25) is 0 Å². The smallest absolute Gasteiger partial charge is 0.228 e. The first kappa shape index (κ1) is 12.4. The molecular weight excluding hydrogens is 278 g/mol. The molecule has 0 bridgehead atoms. The molecule has 0 saturated carbocycles. The molecule has 2 N–H and O–H groups in total. The van der Waals surface area contributed by atoms with E-state index >= 15 is 0 Å². The number of fused-ring (bicyclic) bond motifs is 1. The molecule has 100 valence electrons. The van der Waals surface area contributed by atoms with Gasteiger partial charge in [0.1, 0.15) is 0 Å². The van der Waals surface area contributed by atoms with E-state index in [0.717, 1.165) is 6.20 Å². The molecule has 8 heteroatoms. The SMILES string of the molecule is Nc1ccc(S(=O)(=O)c2cnnnn2)c2ccccc12. The molecule has 0 amide bonds. The van der Waals surface area contributed by atoms with E-state index in [1.165, 1.54) is 6.07 Å². The van der Waals surface area contributed by atoms with Crippen molar-refractivity contribution in [2.24, 2.45) is 0 Å². The monoisotopic (exact) mass is 287 g/mol. The van der Waals surface area contributed by atoms with E-state index in [9.17, 15) is 8.42 Å². The summed E-state index contributed by atoms with van der Waals surface area (Å²) in [5.74, 6) is 0. The Bertz CT molecular complexity index is 881. The largest absolute Gasteiger partial charge is 0.398 e. The second kappa shape index (κ2) is 4.49. The van der Waals surface area contributed by atoms with Gasteiger partial charge in [0.2, 0.25) is 14.9 Å². The average molecular weight is 287 g/mol. The van der Waals surface area contributed by atoms with E-state index < -0.39 is 9.84 Å². The number of sulfone groups is 1. The molecule has 7 nitrogen and oxygen atoms in total. The van der Waals surface area contributed by atoms with E-state index in [4.69, 9.17) is 5.73 Å². The summed E-state index contributed by atoms with van der Waals surface area (Å²) in [6, 6.07) is 10.0. The molecule has 3 rings (SSSR count). The van der Waals surface area contributed by atoms with E-state index in [2.05, 4.69) is 20.6 Å². The zero-order valence-corrected chi connectivity index (χ0v) is 10.9. The van der Waals surface area contributed by atoms with Crippen molar-refractivity contribution in [3.8, 4) is 0 Å². The van der Waals surface area contributed by atoms with Crippen molar-refractivity contribution in [2.45, 2.75) is 9.92 Å². The number of aromatic nitrogens is 4. The highest BCUT2D eigenvalue weighted by molar-refractivity contribution is 7.91. The number of rotatable bonds is 2. The Hall–Kier alpha value is -2.61. The molecule has 3 aromatic rings. The molecule has 0 spiro atoms. The lowest BCUT2D eigenvalue weighted by atomic mass is 10.1.